The summed E-state index contributed by atoms with van der Waals surface area (Å²) in [7, 11) is 3.11. The van der Waals surface area contributed by atoms with Gasteiger partial charge >= 0.3 is 11.8 Å². The van der Waals surface area contributed by atoms with Gasteiger partial charge in [-0.1, -0.05) is 0 Å². The zero-order valence-corrected chi connectivity index (χ0v) is 19.2. The third-order valence-electron chi connectivity index (χ3n) is 5.39. The highest BCUT2D eigenvalue weighted by Crippen LogP contribution is 2.11. The summed E-state index contributed by atoms with van der Waals surface area (Å²) in [4.78, 5) is 37.9. The van der Waals surface area contributed by atoms with Crippen molar-refractivity contribution in [1.29, 1.82) is 0 Å². The van der Waals surface area contributed by atoms with Gasteiger partial charge in [0.05, 0.1) is 26.4 Å². The van der Waals surface area contributed by atoms with Crippen molar-refractivity contribution in [2.45, 2.75) is 0 Å². The lowest BCUT2D eigenvalue weighted by Crippen LogP contribution is -2.39. The summed E-state index contributed by atoms with van der Waals surface area (Å²) >= 11 is 0. The fourth-order valence-electron chi connectivity index (χ4n) is 3.59. The Hall–Kier alpha value is -3.82. The molecular weight excluding hydrogens is 440 g/mol. The van der Waals surface area contributed by atoms with Crippen molar-refractivity contribution in [3.63, 3.8) is 0 Å². The molecule has 0 bridgehead atoms. The number of hydrogen-bond donors (Lipinski definition) is 0. The van der Waals surface area contributed by atoms with E-state index in [1.165, 1.54) is 0 Å². The Kier molecular flexibility index (Phi) is 7.46. The van der Waals surface area contributed by atoms with E-state index in [0.717, 1.165) is 9.36 Å². The largest absolute Gasteiger partial charge is 0.378 e. The zero-order valence-electron chi connectivity index (χ0n) is 19.2. The Bertz CT molecular complexity index is 1160. The minimum atomic E-state index is -0.677. The average molecular weight is 467 g/mol. The monoisotopic (exact) mass is 466 g/mol. The smallest absolute Gasteiger partial charge is 0.325 e. The molecule has 2 aromatic rings. The SMILES string of the molecule is CN=c1ccc(N2CCOCC2)nn1C(=O)C#CC(=O)n1nc(N2CCOCC2)ccc1=NC. The van der Waals surface area contributed by atoms with Crippen LogP contribution in [0.5, 0.6) is 0 Å². The first-order valence-corrected chi connectivity index (χ1v) is 10.9. The molecule has 4 rings (SSSR count). The molecule has 0 saturated carbocycles. The highest BCUT2D eigenvalue weighted by Gasteiger charge is 2.16. The molecule has 2 aliphatic heterocycles. The minimum absolute atomic E-state index is 0.327. The van der Waals surface area contributed by atoms with Crippen LogP contribution in [0.15, 0.2) is 34.3 Å². The second-order valence-electron chi connectivity index (χ2n) is 7.43. The van der Waals surface area contributed by atoms with E-state index >= 15 is 0 Å². The van der Waals surface area contributed by atoms with Crippen molar-refractivity contribution in [2.24, 2.45) is 9.98 Å². The highest BCUT2D eigenvalue weighted by atomic mass is 16.5. The van der Waals surface area contributed by atoms with Crippen LogP contribution in [0, 0.1) is 11.8 Å². The average Bonchev–Trinajstić information content (AvgIpc) is 2.91. The summed E-state index contributed by atoms with van der Waals surface area (Å²) < 4.78 is 12.9. The quantitative estimate of drug-likeness (QED) is 0.506. The molecule has 2 fully saturated rings. The van der Waals surface area contributed by atoms with Gasteiger partial charge in [0.1, 0.15) is 11.6 Å². The van der Waals surface area contributed by atoms with Crippen LogP contribution in [0.2, 0.25) is 0 Å². The Morgan fingerprint density at radius 3 is 1.47 bits per heavy atom. The summed E-state index contributed by atoms with van der Waals surface area (Å²) in [6, 6.07) is 6.97. The number of nitrogens with zero attached hydrogens (tertiary/aromatic N) is 8. The van der Waals surface area contributed by atoms with Crippen LogP contribution >= 0.6 is 0 Å². The van der Waals surface area contributed by atoms with Crippen LogP contribution in [0.25, 0.3) is 0 Å². The van der Waals surface area contributed by atoms with Gasteiger partial charge in [-0.15, -0.1) is 10.2 Å². The molecule has 178 valence electrons. The number of aromatic nitrogens is 4. The molecule has 0 atom stereocenters. The molecule has 0 spiro atoms. The zero-order chi connectivity index (χ0) is 23.9. The first kappa shape index (κ1) is 23.3. The normalized spacial score (nSPS) is 17.4. The van der Waals surface area contributed by atoms with Crippen molar-refractivity contribution in [3.8, 4) is 11.8 Å². The van der Waals surface area contributed by atoms with Gasteiger partial charge in [-0.3, -0.25) is 19.6 Å². The number of carbonyl (C=O) groups excluding carboxylic acids is 2. The second kappa shape index (κ2) is 10.9. The lowest BCUT2D eigenvalue weighted by molar-refractivity contribution is 0.0936. The van der Waals surface area contributed by atoms with Gasteiger partial charge in [-0.25, -0.2) is 0 Å². The first-order valence-electron chi connectivity index (χ1n) is 10.9. The molecule has 0 amide bonds. The molecule has 34 heavy (non-hydrogen) atoms. The van der Waals surface area contributed by atoms with Gasteiger partial charge in [0.15, 0.2) is 11.0 Å². The van der Waals surface area contributed by atoms with E-state index < -0.39 is 11.8 Å². The van der Waals surface area contributed by atoms with Crippen molar-refractivity contribution >= 4 is 23.5 Å². The van der Waals surface area contributed by atoms with Crippen LogP contribution in [-0.4, -0.2) is 98.1 Å². The second-order valence-corrected chi connectivity index (χ2v) is 7.43. The fourth-order valence-corrected chi connectivity index (χ4v) is 3.59. The number of rotatable bonds is 2. The van der Waals surface area contributed by atoms with E-state index in [0.29, 0.717) is 75.2 Å². The summed E-state index contributed by atoms with van der Waals surface area (Å²) in [6.07, 6.45) is 0. The molecular formula is C22H26N8O4. The van der Waals surface area contributed by atoms with Crippen molar-refractivity contribution in [2.75, 3.05) is 76.5 Å². The fraction of sp³-hybridized carbons (Fsp3) is 0.455. The van der Waals surface area contributed by atoms with Crippen LogP contribution < -0.4 is 20.8 Å². The summed E-state index contributed by atoms with van der Waals surface area (Å²) in [5.41, 5.74) is 0.654. The molecule has 0 aliphatic carbocycles. The molecule has 2 saturated heterocycles. The Labute approximate surface area is 196 Å². The van der Waals surface area contributed by atoms with Crippen LogP contribution in [-0.2, 0) is 9.47 Å². The van der Waals surface area contributed by atoms with Gasteiger partial charge in [0, 0.05) is 52.1 Å². The van der Waals surface area contributed by atoms with Crippen LogP contribution in [0.3, 0.4) is 0 Å². The molecule has 0 aromatic carbocycles. The molecule has 12 heteroatoms. The molecule has 0 unspecified atom stereocenters. The van der Waals surface area contributed by atoms with Gasteiger partial charge in [-0.2, -0.15) is 9.36 Å². The maximum absolute atomic E-state index is 12.9. The number of hydrogen-bond acceptors (Lipinski definition) is 10. The van der Waals surface area contributed by atoms with Gasteiger partial charge in [0.25, 0.3) is 0 Å². The van der Waals surface area contributed by atoms with Gasteiger partial charge in [-0.05, 0) is 24.3 Å². The number of morpholine rings is 2. The van der Waals surface area contributed by atoms with Gasteiger partial charge in [0.2, 0.25) is 0 Å². The molecule has 12 nitrogen and oxygen atoms in total. The summed E-state index contributed by atoms with van der Waals surface area (Å²) in [5, 5.41) is 8.79. The molecule has 2 aromatic heterocycles. The van der Waals surface area contributed by atoms with Crippen molar-refractivity contribution < 1.29 is 19.1 Å². The van der Waals surface area contributed by atoms with Crippen molar-refractivity contribution in [1.82, 2.24) is 19.6 Å². The van der Waals surface area contributed by atoms with E-state index in [-0.39, 0.29) is 0 Å². The Morgan fingerprint density at radius 1 is 0.735 bits per heavy atom. The molecule has 4 heterocycles. The highest BCUT2D eigenvalue weighted by molar-refractivity contribution is 6.04. The molecule has 0 radical (unpaired) electrons. The van der Waals surface area contributed by atoms with E-state index in [4.69, 9.17) is 9.47 Å². The number of anilines is 2. The minimum Gasteiger partial charge on any atom is -0.378 e. The maximum Gasteiger partial charge on any atom is 0.325 e. The summed E-state index contributed by atoms with van der Waals surface area (Å²) in [5.74, 6) is 4.62. The lowest BCUT2D eigenvalue weighted by Gasteiger charge is -2.27. The van der Waals surface area contributed by atoms with E-state index in [1.54, 1.807) is 38.4 Å². The van der Waals surface area contributed by atoms with E-state index in [1.807, 2.05) is 9.80 Å². The third-order valence-corrected chi connectivity index (χ3v) is 5.39. The number of carbonyl (C=O) groups is 2. The topological polar surface area (TPSA) is 119 Å². The van der Waals surface area contributed by atoms with E-state index in [2.05, 4.69) is 32.0 Å². The first-order chi connectivity index (χ1) is 16.6. The van der Waals surface area contributed by atoms with Crippen molar-refractivity contribution in [3.05, 3.63) is 35.2 Å². The van der Waals surface area contributed by atoms with Crippen LogP contribution in [0.1, 0.15) is 9.59 Å². The summed E-state index contributed by atoms with van der Waals surface area (Å²) in [6.45, 7) is 5.01. The van der Waals surface area contributed by atoms with Crippen LogP contribution in [0.4, 0.5) is 11.6 Å². The third kappa shape index (κ3) is 5.22. The Balaban J connectivity index is 1.60. The predicted octanol–water partition coefficient (Wildman–Crippen LogP) is -1.20. The maximum atomic E-state index is 12.9. The molecule has 2 aliphatic rings. The predicted molar refractivity (Wildman–Crippen MR) is 123 cm³/mol. The Morgan fingerprint density at radius 2 is 1.12 bits per heavy atom. The number of ether oxygens (including phenoxy) is 2. The molecule has 0 N–H and O–H groups in total. The van der Waals surface area contributed by atoms with Gasteiger partial charge < -0.3 is 19.3 Å². The lowest BCUT2D eigenvalue weighted by atomic mass is 10.4. The standard InChI is InChI=1S/C22H26N8O4/c1-23-17-3-5-19(27-9-13-33-14-10-27)25-29(17)21(31)7-8-22(32)30-18(24-2)4-6-20(26-30)28-11-15-34-16-12-28/h3-6H,9-16H2,1-2H3. The van der Waals surface area contributed by atoms with E-state index in [9.17, 15) is 9.59 Å².